The van der Waals surface area contributed by atoms with Crippen molar-refractivity contribution in [2.75, 3.05) is 11.9 Å². The molecular formula is C16H17F3N2. The van der Waals surface area contributed by atoms with Gasteiger partial charge >= 0.3 is 6.18 Å². The van der Waals surface area contributed by atoms with Crippen LogP contribution in [0.1, 0.15) is 18.1 Å². The van der Waals surface area contributed by atoms with Crippen molar-refractivity contribution in [3.63, 3.8) is 0 Å². The first-order chi connectivity index (χ1) is 9.87. The quantitative estimate of drug-likeness (QED) is 0.894. The third-order valence-corrected chi connectivity index (χ3v) is 3.46. The van der Waals surface area contributed by atoms with Gasteiger partial charge in [-0.1, -0.05) is 42.5 Å². The number of nitrogens with one attached hydrogen (secondary N) is 1. The topological polar surface area (TPSA) is 38.0 Å². The van der Waals surface area contributed by atoms with Crippen LogP contribution in [0.15, 0.2) is 54.6 Å². The fourth-order valence-corrected chi connectivity index (χ4v) is 2.18. The Morgan fingerprint density at radius 2 is 1.52 bits per heavy atom. The Morgan fingerprint density at radius 1 is 0.952 bits per heavy atom. The van der Waals surface area contributed by atoms with Crippen molar-refractivity contribution in [2.24, 2.45) is 5.73 Å². The highest BCUT2D eigenvalue weighted by atomic mass is 19.4. The molecule has 0 aliphatic carbocycles. The van der Waals surface area contributed by atoms with Crippen LogP contribution in [-0.2, 0) is 11.7 Å². The largest absolute Gasteiger partial charge is 0.418 e. The van der Waals surface area contributed by atoms with Crippen LogP contribution < -0.4 is 11.1 Å². The molecule has 2 nitrogen and oxygen atoms in total. The first kappa shape index (κ1) is 15.4. The lowest BCUT2D eigenvalue weighted by Crippen LogP contribution is -2.40. The van der Waals surface area contributed by atoms with E-state index in [1.807, 2.05) is 30.3 Å². The highest BCUT2D eigenvalue weighted by molar-refractivity contribution is 5.55. The van der Waals surface area contributed by atoms with E-state index < -0.39 is 17.3 Å². The van der Waals surface area contributed by atoms with E-state index in [2.05, 4.69) is 5.32 Å². The summed E-state index contributed by atoms with van der Waals surface area (Å²) in [5, 5.41) is 2.95. The van der Waals surface area contributed by atoms with Crippen molar-refractivity contribution in [1.29, 1.82) is 0 Å². The van der Waals surface area contributed by atoms with Crippen molar-refractivity contribution < 1.29 is 13.2 Å². The third-order valence-electron chi connectivity index (χ3n) is 3.46. The molecule has 0 aromatic heterocycles. The zero-order valence-corrected chi connectivity index (χ0v) is 11.6. The van der Waals surface area contributed by atoms with Gasteiger partial charge in [-0.3, -0.25) is 0 Å². The zero-order valence-electron chi connectivity index (χ0n) is 11.6. The monoisotopic (exact) mass is 294 g/mol. The summed E-state index contributed by atoms with van der Waals surface area (Å²) in [6, 6.07) is 14.6. The van der Waals surface area contributed by atoms with Crippen LogP contribution >= 0.6 is 0 Å². The van der Waals surface area contributed by atoms with Gasteiger partial charge < -0.3 is 11.1 Å². The smallest absolute Gasteiger partial charge is 0.374 e. The van der Waals surface area contributed by atoms with Gasteiger partial charge in [0.25, 0.3) is 0 Å². The number of rotatable bonds is 4. The molecule has 2 aromatic carbocycles. The first-order valence-electron chi connectivity index (χ1n) is 6.57. The Balaban J connectivity index is 2.41. The second-order valence-corrected chi connectivity index (χ2v) is 5.07. The first-order valence-corrected chi connectivity index (χ1v) is 6.57. The van der Waals surface area contributed by atoms with Crippen LogP contribution in [0.5, 0.6) is 0 Å². The molecule has 21 heavy (non-hydrogen) atoms. The van der Waals surface area contributed by atoms with Crippen molar-refractivity contribution in [3.05, 3.63) is 65.7 Å². The average Bonchev–Trinajstić information content (AvgIpc) is 2.47. The number of halogens is 3. The second kappa shape index (κ2) is 5.77. The molecule has 1 unspecified atom stereocenters. The van der Waals surface area contributed by atoms with Crippen molar-refractivity contribution in [2.45, 2.75) is 18.6 Å². The van der Waals surface area contributed by atoms with Gasteiger partial charge in [-0.15, -0.1) is 0 Å². The van der Waals surface area contributed by atoms with Crippen LogP contribution in [0.25, 0.3) is 0 Å². The van der Waals surface area contributed by atoms with Gasteiger partial charge in [0.05, 0.1) is 11.1 Å². The van der Waals surface area contributed by atoms with E-state index in [9.17, 15) is 13.2 Å². The highest BCUT2D eigenvalue weighted by Gasteiger charge is 2.35. The van der Waals surface area contributed by atoms with Crippen LogP contribution in [0.4, 0.5) is 18.9 Å². The molecule has 112 valence electrons. The van der Waals surface area contributed by atoms with Gasteiger partial charge in [0, 0.05) is 12.2 Å². The summed E-state index contributed by atoms with van der Waals surface area (Å²) < 4.78 is 39.2. The van der Waals surface area contributed by atoms with Gasteiger partial charge in [-0.05, 0) is 24.6 Å². The number of anilines is 1. The van der Waals surface area contributed by atoms with Crippen LogP contribution in [-0.4, -0.2) is 6.54 Å². The summed E-state index contributed by atoms with van der Waals surface area (Å²) in [6.07, 6.45) is -4.41. The molecule has 5 heteroatoms. The molecule has 3 N–H and O–H groups in total. The molecule has 0 saturated heterocycles. The van der Waals surface area contributed by atoms with Crippen molar-refractivity contribution >= 4 is 5.69 Å². The Labute approximate surface area is 121 Å². The molecule has 2 rings (SSSR count). The lowest BCUT2D eigenvalue weighted by molar-refractivity contribution is -0.137. The zero-order chi connectivity index (χ0) is 15.5. The maximum atomic E-state index is 13.1. The molecule has 0 saturated carbocycles. The lowest BCUT2D eigenvalue weighted by Gasteiger charge is -2.32. The minimum atomic E-state index is -4.41. The second-order valence-electron chi connectivity index (χ2n) is 5.07. The van der Waals surface area contributed by atoms with E-state index in [-0.39, 0.29) is 12.2 Å². The standard InChI is InChI=1S/C16H17F3N2/c1-15(11-20,12-7-3-2-4-8-12)21-14-10-6-5-9-13(14)16(17,18)19/h2-10,21H,11,20H2,1H3. The maximum Gasteiger partial charge on any atom is 0.418 e. The van der Waals surface area contributed by atoms with Crippen LogP contribution in [0.3, 0.4) is 0 Å². The summed E-state index contributed by atoms with van der Waals surface area (Å²) in [7, 11) is 0. The van der Waals surface area contributed by atoms with Crippen LogP contribution in [0, 0.1) is 0 Å². The van der Waals surface area contributed by atoms with Crippen molar-refractivity contribution in [3.8, 4) is 0 Å². The molecule has 0 amide bonds. The lowest BCUT2D eigenvalue weighted by atomic mass is 9.91. The predicted octanol–water partition coefficient (Wildman–Crippen LogP) is 3.99. The summed E-state index contributed by atoms with van der Waals surface area (Å²) in [5.41, 5.74) is 5.20. The molecule has 0 aliphatic heterocycles. The SMILES string of the molecule is CC(CN)(Nc1ccccc1C(F)(F)F)c1ccccc1. The molecule has 0 spiro atoms. The van der Waals surface area contributed by atoms with Crippen LogP contribution in [0.2, 0.25) is 0 Å². The fraction of sp³-hybridized carbons (Fsp3) is 0.250. The van der Waals surface area contributed by atoms with Crippen molar-refractivity contribution in [1.82, 2.24) is 0 Å². The Bertz CT molecular complexity index is 596. The molecule has 0 bridgehead atoms. The Kier molecular flexibility index (Phi) is 4.23. The summed E-state index contributed by atoms with van der Waals surface area (Å²) in [5.74, 6) is 0. The molecule has 2 aromatic rings. The normalized spacial score (nSPS) is 14.5. The third kappa shape index (κ3) is 3.36. The number of hydrogen-bond donors (Lipinski definition) is 2. The number of hydrogen-bond acceptors (Lipinski definition) is 2. The van der Waals surface area contributed by atoms with Gasteiger partial charge in [0.2, 0.25) is 0 Å². The minimum Gasteiger partial charge on any atom is -0.374 e. The number of para-hydroxylation sites is 1. The summed E-state index contributed by atoms with van der Waals surface area (Å²) in [4.78, 5) is 0. The molecule has 1 atom stereocenters. The minimum absolute atomic E-state index is 0.0294. The molecule has 0 heterocycles. The Morgan fingerprint density at radius 3 is 2.10 bits per heavy atom. The van der Waals surface area contributed by atoms with E-state index >= 15 is 0 Å². The van der Waals surface area contributed by atoms with E-state index in [0.29, 0.717) is 0 Å². The number of alkyl halides is 3. The molecule has 0 radical (unpaired) electrons. The molecule has 0 fully saturated rings. The fourth-order valence-electron chi connectivity index (χ4n) is 2.18. The van der Waals surface area contributed by atoms with Gasteiger partial charge in [-0.2, -0.15) is 13.2 Å². The summed E-state index contributed by atoms with van der Waals surface area (Å²) >= 11 is 0. The molecular weight excluding hydrogens is 277 g/mol. The predicted molar refractivity (Wildman–Crippen MR) is 77.9 cm³/mol. The van der Waals surface area contributed by atoms with Gasteiger partial charge in [0.1, 0.15) is 0 Å². The van der Waals surface area contributed by atoms with E-state index in [4.69, 9.17) is 5.73 Å². The van der Waals surface area contributed by atoms with E-state index in [0.717, 1.165) is 11.6 Å². The highest BCUT2D eigenvalue weighted by Crippen LogP contribution is 2.37. The Hall–Kier alpha value is -2.01. The number of nitrogens with two attached hydrogens (primary N) is 1. The van der Waals surface area contributed by atoms with E-state index in [1.54, 1.807) is 13.0 Å². The van der Waals surface area contributed by atoms with E-state index in [1.165, 1.54) is 12.1 Å². The maximum absolute atomic E-state index is 13.1. The van der Waals surface area contributed by atoms with Gasteiger partial charge in [0.15, 0.2) is 0 Å². The average molecular weight is 294 g/mol. The molecule has 0 aliphatic rings. The number of benzene rings is 2. The van der Waals surface area contributed by atoms with Gasteiger partial charge in [-0.25, -0.2) is 0 Å². The summed E-state index contributed by atoms with van der Waals surface area (Å²) in [6.45, 7) is 1.96.